The first kappa shape index (κ1) is 14.1. The van der Waals surface area contributed by atoms with Crippen LogP contribution in [0.5, 0.6) is 0 Å². The Labute approximate surface area is 105 Å². The molecule has 0 unspecified atom stereocenters. The third-order valence-corrected chi connectivity index (χ3v) is 5.45. The number of ether oxygens (including phenoxy) is 2. The molecule has 0 amide bonds. The highest BCUT2D eigenvalue weighted by Gasteiger charge is 2.53. The molecule has 2 heterocycles. The van der Waals surface area contributed by atoms with Gasteiger partial charge in [-0.1, -0.05) is 6.92 Å². The van der Waals surface area contributed by atoms with Gasteiger partial charge in [0, 0.05) is 0 Å². The van der Waals surface area contributed by atoms with E-state index in [0.717, 1.165) is 0 Å². The smallest absolute Gasteiger partial charge is 0.158 e. The second-order valence-electron chi connectivity index (χ2n) is 4.40. The molecule has 4 atom stereocenters. The van der Waals surface area contributed by atoms with Gasteiger partial charge in [-0.05, 0) is 6.42 Å². The number of hydrogen-bond acceptors (Lipinski definition) is 8. The zero-order valence-corrected chi connectivity index (χ0v) is 10.7. The molecule has 0 radical (unpaired) electrons. The molecule has 0 spiro atoms. The summed E-state index contributed by atoms with van der Waals surface area (Å²) in [5.74, 6) is 0.0885. The summed E-state index contributed by atoms with van der Waals surface area (Å²) in [5.41, 5.74) is 0. The summed E-state index contributed by atoms with van der Waals surface area (Å²) in [6.07, 6.45) is -1.38. The van der Waals surface area contributed by atoms with Gasteiger partial charge in [0.25, 0.3) is 0 Å². The van der Waals surface area contributed by atoms with Crippen LogP contribution < -0.4 is 0 Å². The summed E-state index contributed by atoms with van der Waals surface area (Å²) in [4.78, 5) is 4.65. The van der Waals surface area contributed by atoms with Crippen molar-refractivity contribution in [1.82, 2.24) is 5.39 Å². The maximum atomic E-state index is 12.0. The zero-order chi connectivity index (χ0) is 13.3. The quantitative estimate of drug-likeness (QED) is 0.642. The van der Waals surface area contributed by atoms with E-state index in [1.807, 2.05) is 0 Å². The van der Waals surface area contributed by atoms with Crippen LogP contribution in [0.15, 0.2) is 0 Å². The number of sulfone groups is 1. The van der Waals surface area contributed by atoms with E-state index in [1.54, 1.807) is 6.92 Å². The predicted octanol–water partition coefficient (Wildman–Crippen LogP) is -0.642. The Kier molecular flexibility index (Phi) is 4.22. The molecular weight excluding hydrogens is 266 g/mol. The number of rotatable bonds is 5. The van der Waals surface area contributed by atoms with E-state index in [-0.39, 0.29) is 19.0 Å². The van der Waals surface area contributed by atoms with Gasteiger partial charge in [-0.3, -0.25) is 10.4 Å². The molecule has 9 heteroatoms. The van der Waals surface area contributed by atoms with E-state index in [9.17, 15) is 8.42 Å². The first-order valence-corrected chi connectivity index (χ1v) is 7.46. The Bertz CT molecular complexity index is 384. The molecule has 0 bridgehead atoms. The number of nitrogens with zero attached hydrogens (tertiary/aromatic N) is 1. The molecule has 2 saturated heterocycles. The Balaban J connectivity index is 2.05. The Morgan fingerprint density at radius 3 is 2.56 bits per heavy atom. The molecule has 8 nitrogen and oxygen atoms in total. The van der Waals surface area contributed by atoms with Gasteiger partial charge in [0.05, 0.1) is 24.4 Å². The van der Waals surface area contributed by atoms with Crippen LogP contribution in [0.1, 0.15) is 13.3 Å². The van der Waals surface area contributed by atoms with E-state index < -0.39 is 38.8 Å². The maximum Gasteiger partial charge on any atom is 0.158 e. The summed E-state index contributed by atoms with van der Waals surface area (Å²) in [7, 11) is -3.26. The van der Waals surface area contributed by atoms with E-state index in [4.69, 9.17) is 19.9 Å². The number of hydrogen-bond donors (Lipinski definition) is 2. The average Bonchev–Trinajstić information content (AvgIpc) is 2.80. The molecule has 0 aromatic rings. The van der Waals surface area contributed by atoms with Gasteiger partial charge in [0.2, 0.25) is 0 Å². The first-order valence-electron chi connectivity index (χ1n) is 5.75. The molecule has 2 aliphatic rings. The van der Waals surface area contributed by atoms with Gasteiger partial charge in [0.1, 0.15) is 23.6 Å². The average molecular weight is 283 g/mol. The molecule has 0 aromatic heterocycles. The van der Waals surface area contributed by atoms with E-state index in [2.05, 4.69) is 4.84 Å². The lowest BCUT2D eigenvalue weighted by Gasteiger charge is -2.17. The van der Waals surface area contributed by atoms with Gasteiger partial charge in [0.15, 0.2) is 9.84 Å². The maximum absolute atomic E-state index is 12.0. The Morgan fingerprint density at radius 2 is 1.94 bits per heavy atom. The molecular formula is C9H17NO7S. The van der Waals surface area contributed by atoms with Gasteiger partial charge >= 0.3 is 0 Å². The van der Waals surface area contributed by atoms with E-state index >= 15 is 0 Å². The predicted molar refractivity (Wildman–Crippen MR) is 57.6 cm³/mol. The SMILES string of the molecule is CCCS(=O)(=O)[C@H]1CO[C@H]2[C@@H]1OC[C@H]2ON(O)O. The van der Waals surface area contributed by atoms with Crippen molar-refractivity contribution in [3.05, 3.63) is 0 Å². The van der Waals surface area contributed by atoms with Crippen molar-refractivity contribution in [1.29, 1.82) is 0 Å². The van der Waals surface area contributed by atoms with Crippen LogP contribution in [0, 0.1) is 0 Å². The second kappa shape index (κ2) is 5.37. The van der Waals surface area contributed by atoms with Crippen LogP contribution in [0.25, 0.3) is 0 Å². The molecule has 0 aromatic carbocycles. The monoisotopic (exact) mass is 283 g/mol. The lowest BCUT2D eigenvalue weighted by molar-refractivity contribution is -0.507. The lowest BCUT2D eigenvalue weighted by Crippen LogP contribution is -2.39. The van der Waals surface area contributed by atoms with Crippen LogP contribution in [0.2, 0.25) is 0 Å². The van der Waals surface area contributed by atoms with Crippen molar-refractivity contribution in [3.63, 3.8) is 0 Å². The van der Waals surface area contributed by atoms with Gasteiger partial charge < -0.3 is 9.47 Å². The molecule has 18 heavy (non-hydrogen) atoms. The fourth-order valence-corrected chi connectivity index (χ4v) is 4.18. The van der Waals surface area contributed by atoms with Crippen molar-refractivity contribution in [3.8, 4) is 0 Å². The van der Waals surface area contributed by atoms with E-state index in [0.29, 0.717) is 6.42 Å². The molecule has 2 aliphatic heterocycles. The highest BCUT2D eigenvalue weighted by molar-refractivity contribution is 7.92. The van der Waals surface area contributed by atoms with Crippen LogP contribution in [-0.2, 0) is 24.1 Å². The third kappa shape index (κ3) is 2.67. The minimum Gasteiger partial charge on any atom is -0.371 e. The topological polar surface area (TPSA) is 106 Å². The standard InChI is InChI=1S/C9H17NO7S/c1-2-3-18(13,14)7-5-16-8-6(17-10(11)12)4-15-9(7)8/h6-9,11-12H,2-5H2,1H3/t6-,7+,8-,9-/m1/s1. The fraction of sp³-hybridized carbons (Fsp3) is 1.00. The zero-order valence-electron chi connectivity index (χ0n) is 9.93. The molecule has 2 rings (SSSR count). The Hall–Kier alpha value is -0.290. The minimum atomic E-state index is -3.26. The van der Waals surface area contributed by atoms with Crippen molar-refractivity contribution in [2.24, 2.45) is 0 Å². The van der Waals surface area contributed by atoms with Crippen LogP contribution in [-0.4, -0.2) is 66.8 Å². The van der Waals surface area contributed by atoms with Crippen molar-refractivity contribution >= 4 is 9.84 Å². The van der Waals surface area contributed by atoms with Crippen molar-refractivity contribution in [2.75, 3.05) is 19.0 Å². The number of fused-ring (bicyclic) bond motifs is 1. The normalized spacial score (nSPS) is 36.2. The Morgan fingerprint density at radius 1 is 1.28 bits per heavy atom. The lowest BCUT2D eigenvalue weighted by atomic mass is 10.1. The van der Waals surface area contributed by atoms with Crippen LogP contribution in [0.4, 0.5) is 0 Å². The second-order valence-corrected chi connectivity index (χ2v) is 6.74. The summed E-state index contributed by atoms with van der Waals surface area (Å²) in [5, 5.41) is 16.0. The summed E-state index contributed by atoms with van der Waals surface area (Å²) in [6.45, 7) is 1.90. The van der Waals surface area contributed by atoms with E-state index in [1.165, 1.54) is 0 Å². The largest absolute Gasteiger partial charge is 0.371 e. The molecule has 2 N–H and O–H groups in total. The molecule has 2 fully saturated rings. The van der Waals surface area contributed by atoms with Gasteiger partial charge in [-0.25, -0.2) is 13.3 Å². The first-order chi connectivity index (χ1) is 8.45. The third-order valence-electron chi connectivity index (χ3n) is 3.14. The van der Waals surface area contributed by atoms with Gasteiger partial charge in [-0.2, -0.15) is 0 Å². The highest BCUT2D eigenvalue weighted by atomic mass is 32.2. The fourth-order valence-electron chi connectivity index (χ4n) is 2.38. The summed E-state index contributed by atoms with van der Waals surface area (Å²) < 4.78 is 34.7. The van der Waals surface area contributed by atoms with Crippen LogP contribution >= 0.6 is 0 Å². The summed E-state index contributed by atoms with van der Waals surface area (Å²) in [6, 6.07) is 0. The van der Waals surface area contributed by atoms with Crippen molar-refractivity contribution < 1.29 is 33.1 Å². The molecule has 0 saturated carbocycles. The molecule has 106 valence electrons. The van der Waals surface area contributed by atoms with Crippen molar-refractivity contribution in [2.45, 2.75) is 36.9 Å². The molecule has 0 aliphatic carbocycles. The minimum absolute atomic E-state index is 0.0500. The van der Waals surface area contributed by atoms with Gasteiger partial charge in [-0.15, -0.1) is 0 Å². The summed E-state index contributed by atoms with van der Waals surface area (Å²) >= 11 is 0. The van der Waals surface area contributed by atoms with Crippen LogP contribution in [0.3, 0.4) is 0 Å². The highest BCUT2D eigenvalue weighted by Crippen LogP contribution is 2.32.